The van der Waals surface area contributed by atoms with Crippen molar-refractivity contribution in [1.29, 1.82) is 0 Å². The predicted octanol–water partition coefficient (Wildman–Crippen LogP) is 5.32. The summed E-state index contributed by atoms with van der Waals surface area (Å²) in [4.78, 5) is 0.246. The van der Waals surface area contributed by atoms with Gasteiger partial charge in [-0.3, -0.25) is 4.72 Å². The Labute approximate surface area is 182 Å². The van der Waals surface area contributed by atoms with Crippen molar-refractivity contribution in [2.75, 3.05) is 17.1 Å². The lowest BCUT2D eigenvalue weighted by atomic mass is 9.77. The molecule has 3 aromatic rings. The Morgan fingerprint density at radius 1 is 1.00 bits per heavy atom. The molecule has 2 N–H and O–H groups in total. The monoisotopic (exact) mass is 432 g/mol. The molecular formula is C25H24N2O3S. The molecule has 158 valence electrons. The maximum absolute atomic E-state index is 13.1. The van der Waals surface area contributed by atoms with Crippen LogP contribution in [-0.4, -0.2) is 15.5 Å². The van der Waals surface area contributed by atoms with Crippen molar-refractivity contribution in [2.45, 2.75) is 23.3 Å². The Hall–Kier alpha value is -3.25. The second kappa shape index (κ2) is 7.78. The summed E-state index contributed by atoms with van der Waals surface area (Å²) in [5.41, 5.74) is 3.68. The van der Waals surface area contributed by atoms with Gasteiger partial charge < -0.3 is 10.1 Å². The van der Waals surface area contributed by atoms with E-state index in [0.717, 1.165) is 17.7 Å². The molecule has 0 radical (unpaired) electrons. The van der Waals surface area contributed by atoms with Gasteiger partial charge in [0.2, 0.25) is 0 Å². The van der Waals surface area contributed by atoms with Crippen LogP contribution in [0.5, 0.6) is 5.75 Å². The quantitative estimate of drug-likeness (QED) is 0.535. The average molecular weight is 433 g/mol. The molecule has 3 aromatic carbocycles. The minimum Gasteiger partial charge on any atom is -0.495 e. The maximum atomic E-state index is 13.1. The Balaban J connectivity index is 1.50. The average Bonchev–Trinajstić information content (AvgIpc) is 3.29. The number of nitrogens with one attached hydrogen (secondary N) is 2. The van der Waals surface area contributed by atoms with Gasteiger partial charge in [-0.1, -0.05) is 54.6 Å². The second-order valence-electron chi connectivity index (χ2n) is 7.94. The fourth-order valence-corrected chi connectivity index (χ4v) is 5.77. The van der Waals surface area contributed by atoms with Crippen molar-refractivity contribution in [3.05, 3.63) is 96.1 Å². The zero-order valence-corrected chi connectivity index (χ0v) is 18.0. The number of hydrogen-bond donors (Lipinski definition) is 2. The van der Waals surface area contributed by atoms with Crippen molar-refractivity contribution >= 4 is 21.4 Å². The van der Waals surface area contributed by atoms with Crippen LogP contribution < -0.4 is 14.8 Å². The van der Waals surface area contributed by atoms with Gasteiger partial charge in [-0.2, -0.15) is 0 Å². The number of hydrogen-bond acceptors (Lipinski definition) is 4. The highest BCUT2D eigenvalue weighted by atomic mass is 32.2. The molecule has 0 aromatic heterocycles. The van der Waals surface area contributed by atoms with Crippen molar-refractivity contribution in [3.63, 3.8) is 0 Å². The van der Waals surface area contributed by atoms with Gasteiger partial charge in [0.15, 0.2) is 0 Å². The van der Waals surface area contributed by atoms with Crippen LogP contribution in [0.15, 0.2) is 89.8 Å². The minimum atomic E-state index is -3.76. The van der Waals surface area contributed by atoms with E-state index in [1.54, 1.807) is 36.4 Å². The van der Waals surface area contributed by atoms with E-state index in [1.165, 1.54) is 12.7 Å². The normalized spacial score (nSPS) is 21.6. The Morgan fingerprint density at radius 2 is 1.77 bits per heavy atom. The van der Waals surface area contributed by atoms with Crippen LogP contribution in [0.4, 0.5) is 11.4 Å². The fraction of sp³-hybridized carbons (Fsp3) is 0.200. The number of anilines is 2. The minimum absolute atomic E-state index is 0.183. The van der Waals surface area contributed by atoms with Gasteiger partial charge in [-0.25, -0.2) is 8.42 Å². The first-order valence-electron chi connectivity index (χ1n) is 10.3. The van der Waals surface area contributed by atoms with E-state index in [2.05, 4.69) is 46.5 Å². The molecule has 0 spiro atoms. The molecular weight excluding hydrogens is 408 g/mol. The molecule has 31 heavy (non-hydrogen) atoms. The Bertz CT molecular complexity index is 1240. The summed E-state index contributed by atoms with van der Waals surface area (Å²) in [7, 11) is -2.23. The molecule has 0 saturated heterocycles. The highest BCUT2D eigenvalue weighted by Gasteiger charge is 2.38. The third-order valence-electron chi connectivity index (χ3n) is 6.15. The van der Waals surface area contributed by atoms with Crippen LogP contribution in [0.3, 0.4) is 0 Å². The fourth-order valence-electron chi connectivity index (χ4n) is 4.66. The molecule has 0 amide bonds. The van der Waals surface area contributed by atoms with Crippen molar-refractivity contribution in [1.82, 2.24) is 0 Å². The van der Waals surface area contributed by atoms with Gasteiger partial charge in [0.1, 0.15) is 5.75 Å². The molecule has 0 fully saturated rings. The summed E-state index contributed by atoms with van der Waals surface area (Å²) in [6.07, 6.45) is 5.38. The van der Waals surface area contributed by atoms with Gasteiger partial charge >= 0.3 is 0 Å². The SMILES string of the molecule is COc1ccccc1NS(=O)(=O)c1ccc2c(c1)[C@H]1C=CC[C@H]1[C@@H](c1ccccc1)N2. The third kappa shape index (κ3) is 3.57. The summed E-state index contributed by atoms with van der Waals surface area (Å²) in [5, 5.41) is 3.66. The van der Waals surface area contributed by atoms with Crippen LogP contribution in [-0.2, 0) is 10.0 Å². The van der Waals surface area contributed by atoms with Crippen LogP contribution in [0, 0.1) is 5.92 Å². The van der Waals surface area contributed by atoms with Crippen LogP contribution >= 0.6 is 0 Å². The molecule has 2 aliphatic rings. The number of ether oxygens (including phenoxy) is 1. The first-order valence-corrected chi connectivity index (χ1v) is 11.8. The van der Waals surface area contributed by atoms with Crippen molar-refractivity contribution in [2.24, 2.45) is 5.92 Å². The summed E-state index contributed by atoms with van der Waals surface area (Å²) in [5.74, 6) is 1.02. The molecule has 5 rings (SSSR count). The summed E-state index contributed by atoms with van der Waals surface area (Å²) < 4.78 is 34.2. The maximum Gasteiger partial charge on any atom is 0.262 e. The number of para-hydroxylation sites is 2. The van der Waals surface area contributed by atoms with Gasteiger partial charge in [-0.05, 0) is 53.8 Å². The van der Waals surface area contributed by atoms with Gasteiger partial charge in [0.25, 0.3) is 10.0 Å². The lowest BCUT2D eigenvalue weighted by Crippen LogP contribution is -2.29. The lowest BCUT2D eigenvalue weighted by Gasteiger charge is -2.37. The number of allylic oxidation sites excluding steroid dienone is 2. The number of benzene rings is 3. The third-order valence-corrected chi connectivity index (χ3v) is 7.52. The molecule has 1 heterocycles. The molecule has 3 atom stereocenters. The largest absolute Gasteiger partial charge is 0.495 e. The van der Waals surface area contributed by atoms with Gasteiger partial charge in [-0.15, -0.1) is 0 Å². The smallest absolute Gasteiger partial charge is 0.262 e. The number of sulfonamides is 1. The number of methoxy groups -OCH3 is 1. The molecule has 6 heteroatoms. The van der Waals surface area contributed by atoms with E-state index in [-0.39, 0.29) is 16.9 Å². The predicted molar refractivity (Wildman–Crippen MR) is 123 cm³/mol. The van der Waals surface area contributed by atoms with Crippen LogP contribution in [0.2, 0.25) is 0 Å². The zero-order chi connectivity index (χ0) is 21.4. The first kappa shape index (κ1) is 19.7. The summed E-state index contributed by atoms with van der Waals surface area (Å²) in [6.45, 7) is 0. The molecule has 1 aliphatic carbocycles. The van der Waals surface area contributed by atoms with Crippen LogP contribution in [0.1, 0.15) is 29.5 Å². The molecule has 0 bridgehead atoms. The van der Waals surface area contributed by atoms with Crippen molar-refractivity contribution < 1.29 is 13.2 Å². The van der Waals surface area contributed by atoms with E-state index in [0.29, 0.717) is 17.4 Å². The lowest BCUT2D eigenvalue weighted by molar-refractivity contribution is 0.417. The second-order valence-corrected chi connectivity index (χ2v) is 9.62. The summed E-state index contributed by atoms with van der Waals surface area (Å²) >= 11 is 0. The Kier molecular flexibility index (Phi) is 4.94. The number of rotatable bonds is 5. The molecule has 0 unspecified atom stereocenters. The highest BCUT2D eigenvalue weighted by Crippen LogP contribution is 2.50. The van der Waals surface area contributed by atoms with Gasteiger partial charge in [0.05, 0.1) is 23.7 Å². The van der Waals surface area contributed by atoms with E-state index in [9.17, 15) is 8.42 Å². The Morgan fingerprint density at radius 3 is 2.58 bits per heavy atom. The molecule has 5 nitrogen and oxygen atoms in total. The highest BCUT2D eigenvalue weighted by molar-refractivity contribution is 7.92. The first-order chi connectivity index (χ1) is 15.1. The standard InChI is InChI=1S/C25H24N2O3S/c1-30-24-13-6-5-12-23(24)27-31(28,29)18-14-15-22-21(16-18)19-10-7-11-20(19)25(26-22)17-8-3-2-4-9-17/h2-10,12-16,19-20,25-27H,11H2,1H3/t19-,20+,25+/m0/s1. The van der Waals surface area contributed by atoms with E-state index in [4.69, 9.17) is 4.74 Å². The van der Waals surface area contributed by atoms with E-state index in [1.807, 2.05) is 12.1 Å². The van der Waals surface area contributed by atoms with E-state index >= 15 is 0 Å². The molecule has 0 saturated carbocycles. The van der Waals surface area contributed by atoms with Crippen molar-refractivity contribution in [3.8, 4) is 5.75 Å². The number of fused-ring (bicyclic) bond motifs is 3. The van der Waals surface area contributed by atoms with Gasteiger partial charge in [0, 0.05) is 11.6 Å². The topological polar surface area (TPSA) is 67.4 Å². The molecule has 1 aliphatic heterocycles. The zero-order valence-electron chi connectivity index (χ0n) is 17.2. The van der Waals surface area contributed by atoms with E-state index < -0.39 is 10.0 Å². The summed E-state index contributed by atoms with van der Waals surface area (Å²) in [6, 6.07) is 23.0. The van der Waals surface area contributed by atoms with Crippen LogP contribution in [0.25, 0.3) is 0 Å².